The normalized spacial score (nSPS) is 18.9. The first-order valence-electron chi connectivity index (χ1n) is 9.23. The van der Waals surface area contributed by atoms with E-state index in [2.05, 4.69) is 16.0 Å². The predicted octanol–water partition coefficient (Wildman–Crippen LogP) is 2.31. The van der Waals surface area contributed by atoms with Gasteiger partial charge in [0.05, 0.1) is 18.9 Å². The number of hydrogen-bond donors (Lipinski definition) is 3. The number of methoxy groups -OCH3 is 1. The molecular formula is C21H24FN3O3. The van der Waals surface area contributed by atoms with Gasteiger partial charge in [-0.1, -0.05) is 12.1 Å². The Labute approximate surface area is 163 Å². The van der Waals surface area contributed by atoms with Gasteiger partial charge in [-0.3, -0.25) is 9.59 Å². The summed E-state index contributed by atoms with van der Waals surface area (Å²) in [6.07, 6.45) is 0.467. The van der Waals surface area contributed by atoms with Gasteiger partial charge in [0.2, 0.25) is 11.8 Å². The number of amides is 2. The minimum atomic E-state index is -0.356. The minimum Gasteiger partial charge on any atom is -0.497 e. The van der Waals surface area contributed by atoms with E-state index in [0.29, 0.717) is 31.7 Å². The van der Waals surface area contributed by atoms with E-state index in [-0.39, 0.29) is 29.5 Å². The maximum absolute atomic E-state index is 13.0. The molecule has 2 aromatic rings. The summed E-state index contributed by atoms with van der Waals surface area (Å²) in [5.74, 6) is -0.451. The van der Waals surface area contributed by atoms with E-state index in [1.807, 2.05) is 24.3 Å². The molecule has 1 saturated heterocycles. The van der Waals surface area contributed by atoms with Crippen LogP contribution in [-0.4, -0.2) is 32.0 Å². The molecule has 0 bridgehead atoms. The lowest BCUT2D eigenvalue weighted by molar-refractivity contribution is -0.127. The first kappa shape index (κ1) is 19.8. The minimum absolute atomic E-state index is 0.0809. The van der Waals surface area contributed by atoms with Crippen molar-refractivity contribution in [3.8, 4) is 5.75 Å². The highest BCUT2D eigenvalue weighted by molar-refractivity contribution is 5.93. The molecule has 7 heteroatoms. The van der Waals surface area contributed by atoms with Crippen LogP contribution in [0.15, 0.2) is 48.5 Å². The molecule has 1 fully saturated rings. The van der Waals surface area contributed by atoms with Crippen LogP contribution in [0.4, 0.5) is 10.1 Å². The first-order chi connectivity index (χ1) is 13.5. The third kappa shape index (κ3) is 5.29. The van der Waals surface area contributed by atoms with E-state index in [1.54, 1.807) is 7.11 Å². The van der Waals surface area contributed by atoms with Crippen LogP contribution in [0.5, 0.6) is 5.75 Å². The summed E-state index contributed by atoms with van der Waals surface area (Å²) in [4.78, 5) is 25.0. The summed E-state index contributed by atoms with van der Waals surface area (Å²) < 4.78 is 18.1. The van der Waals surface area contributed by atoms with Crippen molar-refractivity contribution in [1.82, 2.24) is 10.6 Å². The van der Waals surface area contributed by atoms with E-state index >= 15 is 0 Å². The van der Waals surface area contributed by atoms with Gasteiger partial charge >= 0.3 is 0 Å². The maximum atomic E-state index is 13.0. The Hall–Kier alpha value is -2.93. The SMILES string of the molecule is COc1ccc(CNC(=O)[C@@H]2CNC[C@H](C(=O)Nc3ccc(F)cc3)C2)cc1. The molecule has 2 aromatic carbocycles. The van der Waals surface area contributed by atoms with Crippen LogP contribution in [-0.2, 0) is 16.1 Å². The summed E-state index contributed by atoms with van der Waals surface area (Å²) in [5.41, 5.74) is 1.51. The van der Waals surface area contributed by atoms with Crippen LogP contribution in [0.1, 0.15) is 12.0 Å². The van der Waals surface area contributed by atoms with Gasteiger partial charge < -0.3 is 20.7 Å². The second kappa shape index (κ2) is 9.32. The number of nitrogens with one attached hydrogen (secondary N) is 3. The van der Waals surface area contributed by atoms with Gasteiger partial charge in [-0.2, -0.15) is 0 Å². The molecule has 1 heterocycles. The third-order valence-electron chi connectivity index (χ3n) is 4.83. The number of rotatable bonds is 6. The molecule has 3 rings (SSSR count). The average molecular weight is 385 g/mol. The zero-order valence-corrected chi connectivity index (χ0v) is 15.7. The lowest BCUT2D eigenvalue weighted by Crippen LogP contribution is -2.47. The molecule has 28 heavy (non-hydrogen) atoms. The second-order valence-electron chi connectivity index (χ2n) is 6.85. The molecule has 2 atom stereocenters. The van der Waals surface area contributed by atoms with Crippen molar-refractivity contribution in [1.29, 1.82) is 0 Å². The summed E-state index contributed by atoms with van der Waals surface area (Å²) in [5, 5.41) is 8.86. The Kier molecular flexibility index (Phi) is 6.60. The monoisotopic (exact) mass is 385 g/mol. The van der Waals surface area contributed by atoms with Crippen molar-refractivity contribution in [2.75, 3.05) is 25.5 Å². The van der Waals surface area contributed by atoms with Crippen molar-refractivity contribution in [3.63, 3.8) is 0 Å². The van der Waals surface area contributed by atoms with Crippen LogP contribution in [0.3, 0.4) is 0 Å². The fourth-order valence-electron chi connectivity index (χ4n) is 3.20. The number of anilines is 1. The van der Waals surface area contributed by atoms with Crippen LogP contribution in [0.25, 0.3) is 0 Å². The van der Waals surface area contributed by atoms with Crippen LogP contribution >= 0.6 is 0 Å². The van der Waals surface area contributed by atoms with Crippen molar-refractivity contribution in [2.45, 2.75) is 13.0 Å². The molecule has 0 saturated carbocycles. The van der Waals surface area contributed by atoms with Gasteiger partial charge in [0.25, 0.3) is 0 Å². The zero-order valence-electron chi connectivity index (χ0n) is 15.7. The molecule has 1 aliphatic rings. The maximum Gasteiger partial charge on any atom is 0.228 e. The summed E-state index contributed by atoms with van der Waals surface area (Å²) in [6, 6.07) is 13.1. The van der Waals surface area contributed by atoms with Gasteiger partial charge in [-0.15, -0.1) is 0 Å². The topological polar surface area (TPSA) is 79.5 Å². The molecule has 1 aliphatic heterocycles. The molecular weight excluding hydrogens is 361 g/mol. The first-order valence-corrected chi connectivity index (χ1v) is 9.23. The number of ether oxygens (including phenoxy) is 1. The third-order valence-corrected chi connectivity index (χ3v) is 4.83. The van der Waals surface area contributed by atoms with Gasteiger partial charge in [-0.25, -0.2) is 4.39 Å². The van der Waals surface area contributed by atoms with Crippen molar-refractivity contribution in [2.24, 2.45) is 11.8 Å². The lowest BCUT2D eigenvalue weighted by Gasteiger charge is -2.28. The van der Waals surface area contributed by atoms with Crippen molar-refractivity contribution in [3.05, 3.63) is 59.9 Å². The van der Waals surface area contributed by atoms with Gasteiger partial charge in [0.1, 0.15) is 11.6 Å². The van der Waals surface area contributed by atoms with E-state index in [1.165, 1.54) is 24.3 Å². The summed E-state index contributed by atoms with van der Waals surface area (Å²) in [6.45, 7) is 1.47. The van der Waals surface area contributed by atoms with E-state index in [4.69, 9.17) is 4.74 Å². The highest BCUT2D eigenvalue weighted by atomic mass is 19.1. The summed E-state index contributed by atoms with van der Waals surface area (Å²) >= 11 is 0. The van der Waals surface area contributed by atoms with Crippen molar-refractivity contribution < 1.29 is 18.7 Å². The average Bonchev–Trinajstić information content (AvgIpc) is 2.74. The highest BCUT2D eigenvalue weighted by Crippen LogP contribution is 2.20. The Balaban J connectivity index is 1.50. The van der Waals surface area contributed by atoms with E-state index < -0.39 is 0 Å². The molecule has 0 unspecified atom stereocenters. The Morgan fingerprint density at radius 1 is 1.04 bits per heavy atom. The molecule has 0 aliphatic carbocycles. The van der Waals surface area contributed by atoms with Gasteiger partial charge in [0.15, 0.2) is 0 Å². The quantitative estimate of drug-likeness (QED) is 0.713. The smallest absolute Gasteiger partial charge is 0.228 e. The molecule has 0 aromatic heterocycles. The van der Waals surface area contributed by atoms with Gasteiger partial charge in [-0.05, 0) is 48.4 Å². The van der Waals surface area contributed by atoms with E-state index in [9.17, 15) is 14.0 Å². The standard InChI is InChI=1S/C21H24FN3O3/c1-28-19-8-2-14(3-9-19)11-24-20(26)15-10-16(13-23-12-15)21(27)25-18-6-4-17(22)5-7-18/h2-9,15-16,23H,10-13H2,1H3,(H,24,26)(H,25,27)/t15-,16+/m0/s1. The fraction of sp³-hybridized carbons (Fsp3) is 0.333. The molecule has 0 radical (unpaired) electrons. The molecule has 3 N–H and O–H groups in total. The molecule has 6 nitrogen and oxygen atoms in total. The molecule has 0 spiro atoms. The lowest BCUT2D eigenvalue weighted by atomic mass is 9.89. The molecule has 2 amide bonds. The summed E-state index contributed by atoms with van der Waals surface area (Å²) in [7, 11) is 1.61. The second-order valence-corrected chi connectivity index (χ2v) is 6.85. The Morgan fingerprint density at radius 2 is 1.68 bits per heavy atom. The fourth-order valence-corrected chi connectivity index (χ4v) is 3.20. The van der Waals surface area contributed by atoms with E-state index in [0.717, 1.165) is 11.3 Å². The van der Waals surface area contributed by atoms with Crippen LogP contribution in [0, 0.1) is 17.7 Å². The number of halogens is 1. The van der Waals surface area contributed by atoms with Crippen LogP contribution in [0.2, 0.25) is 0 Å². The Bertz CT molecular complexity index is 809. The highest BCUT2D eigenvalue weighted by Gasteiger charge is 2.31. The Morgan fingerprint density at radius 3 is 2.32 bits per heavy atom. The number of benzene rings is 2. The predicted molar refractivity (Wildman–Crippen MR) is 104 cm³/mol. The van der Waals surface area contributed by atoms with Gasteiger partial charge in [0, 0.05) is 25.3 Å². The number of carbonyl (C=O) groups excluding carboxylic acids is 2. The zero-order chi connectivity index (χ0) is 19.9. The van der Waals surface area contributed by atoms with Crippen LogP contribution < -0.4 is 20.7 Å². The molecule has 148 valence electrons. The number of hydrogen-bond acceptors (Lipinski definition) is 4. The number of carbonyl (C=O) groups is 2. The number of piperidine rings is 1. The largest absolute Gasteiger partial charge is 0.497 e. The van der Waals surface area contributed by atoms with Crippen molar-refractivity contribution >= 4 is 17.5 Å².